The summed E-state index contributed by atoms with van der Waals surface area (Å²) in [5, 5.41) is 9.14. The minimum atomic E-state index is 0.303. The Morgan fingerprint density at radius 1 is 1.44 bits per heavy atom. The first kappa shape index (κ1) is 6.14. The van der Waals surface area contributed by atoms with Crippen LogP contribution in [-0.4, -0.2) is 5.11 Å². The summed E-state index contributed by atoms with van der Waals surface area (Å²) < 4.78 is 0. The highest BCUT2D eigenvalue weighted by molar-refractivity contribution is 5.40. The molecule has 1 aromatic carbocycles. The largest absolute Gasteiger partial charge is 0.507 e. The van der Waals surface area contributed by atoms with Crippen molar-refractivity contribution in [3.63, 3.8) is 0 Å². The van der Waals surface area contributed by atoms with Gasteiger partial charge in [-0.15, -0.1) is 0 Å². The van der Waals surface area contributed by atoms with E-state index in [4.69, 9.17) is 5.11 Å². The predicted molar refractivity (Wildman–Crippen MR) is 37.3 cm³/mol. The molecule has 9 heavy (non-hydrogen) atoms. The molecule has 1 heteroatoms. The molecule has 0 heterocycles. The molecule has 0 amide bonds. The SMILES string of the molecule is [CH2]c1cccc(C)c1O. The summed E-state index contributed by atoms with van der Waals surface area (Å²) in [4.78, 5) is 0. The van der Waals surface area contributed by atoms with Gasteiger partial charge in [0.05, 0.1) is 0 Å². The molecule has 0 atom stereocenters. The van der Waals surface area contributed by atoms with Gasteiger partial charge in [0.15, 0.2) is 0 Å². The van der Waals surface area contributed by atoms with Crippen LogP contribution in [0.1, 0.15) is 11.1 Å². The Hall–Kier alpha value is -0.980. The number of aromatic hydroxyl groups is 1. The van der Waals surface area contributed by atoms with E-state index in [0.29, 0.717) is 11.3 Å². The minimum absolute atomic E-state index is 0.303. The molecule has 1 nitrogen and oxygen atoms in total. The highest BCUT2D eigenvalue weighted by Crippen LogP contribution is 2.19. The van der Waals surface area contributed by atoms with Crippen molar-refractivity contribution < 1.29 is 5.11 Å². The van der Waals surface area contributed by atoms with E-state index in [2.05, 4.69) is 6.92 Å². The average Bonchev–Trinajstić information content (AvgIpc) is 1.83. The molecule has 0 unspecified atom stereocenters. The fourth-order valence-corrected chi connectivity index (χ4v) is 0.720. The van der Waals surface area contributed by atoms with Crippen molar-refractivity contribution in [3.05, 3.63) is 36.2 Å². The predicted octanol–water partition coefficient (Wildman–Crippen LogP) is 1.88. The van der Waals surface area contributed by atoms with Crippen molar-refractivity contribution in [2.45, 2.75) is 6.92 Å². The van der Waals surface area contributed by atoms with E-state index in [1.54, 1.807) is 6.07 Å². The second-order valence-electron chi connectivity index (χ2n) is 2.08. The Morgan fingerprint density at radius 3 is 2.56 bits per heavy atom. The van der Waals surface area contributed by atoms with E-state index in [-0.39, 0.29) is 0 Å². The molecule has 1 aromatic rings. The van der Waals surface area contributed by atoms with Crippen LogP contribution >= 0.6 is 0 Å². The molecular formula is C8H9O. The second-order valence-corrected chi connectivity index (χ2v) is 2.08. The summed E-state index contributed by atoms with van der Waals surface area (Å²) in [5.41, 5.74) is 1.57. The van der Waals surface area contributed by atoms with Gasteiger partial charge in [0.1, 0.15) is 5.75 Å². The van der Waals surface area contributed by atoms with E-state index in [0.717, 1.165) is 5.56 Å². The second kappa shape index (κ2) is 2.09. The standard InChI is InChI=1S/C8H9O/c1-6-4-3-5-7(2)8(6)9/h3-5,9H,1H2,2H3. The van der Waals surface area contributed by atoms with Crippen LogP contribution in [-0.2, 0) is 0 Å². The number of para-hydroxylation sites is 1. The van der Waals surface area contributed by atoms with Gasteiger partial charge in [-0.25, -0.2) is 0 Å². The lowest BCUT2D eigenvalue weighted by atomic mass is 10.1. The molecule has 1 rings (SSSR count). The summed E-state index contributed by atoms with van der Waals surface area (Å²) in [6.07, 6.45) is 0. The van der Waals surface area contributed by atoms with Crippen LogP contribution in [0.25, 0.3) is 0 Å². The molecule has 1 N–H and O–H groups in total. The summed E-state index contributed by atoms with van der Waals surface area (Å²) in [7, 11) is 0. The minimum Gasteiger partial charge on any atom is -0.507 e. The third-order valence-electron chi connectivity index (χ3n) is 1.32. The monoisotopic (exact) mass is 121 g/mol. The van der Waals surface area contributed by atoms with E-state index in [1.807, 2.05) is 19.1 Å². The van der Waals surface area contributed by atoms with Gasteiger partial charge >= 0.3 is 0 Å². The molecule has 0 aromatic heterocycles. The van der Waals surface area contributed by atoms with Crippen molar-refractivity contribution in [1.29, 1.82) is 0 Å². The number of hydrogen-bond acceptors (Lipinski definition) is 1. The first-order chi connectivity index (χ1) is 4.22. The summed E-state index contributed by atoms with van der Waals surface area (Å²) in [5.74, 6) is 0.303. The van der Waals surface area contributed by atoms with Crippen LogP contribution < -0.4 is 0 Å². The van der Waals surface area contributed by atoms with Crippen molar-refractivity contribution in [1.82, 2.24) is 0 Å². The molecular weight excluding hydrogens is 112 g/mol. The molecule has 0 spiro atoms. The van der Waals surface area contributed by atoms with E-state index in [9.17, 15) is 0 Å². The fraction of sp³-hybridized carbons (Fsp3) is 0.125. The molecule has 1 radical (unpaired) electrons. The lowest BCUT2D eigenvalue weighted by Crippen LogP contribution is -1.76. The van der Waals surface area contributed by atoms with Gasteiger partial charge in [-0.1, -0.05) is 18.2 Å². The summed E-state index contributed by atoms with van der Waals surface area (Å²) in [6.45, 7) is 5.48. The van der Waals surface area contributed by atoms with Gasteiger partial charge in [0.2, 0.25) is 0 Å². The van der Waals surface area contributed by atoms with Gasteiger partial charge in [0.25, 0.3) is 0 Å². The third-order valence-corrected chi connectivity index (χ3v) is 1.32. The average molecular weight is 121 g/mol. The Morgan fingerprint density at radius 2 is 2.11 bits per heavy atom. The molecule has 0 fully saturated rings. The lowest BCUT2D eigenvalue weighted by molar-refractivity contribution is 0.469. The van der Waals surface area contributed by atoms with Gasteiger partial charge in [-0.2, -0.15) is 0 Å². The molecule has 0 aliphatic rings. The number of phenolic OH excluding ortho intramolecular Hbond substituents is 1. The van der Waals surface area contributed by atoms with Crippen LogP contribution in [0.15, 0.2) is 18.2 Å². The van der Waals surface area contributed by atoms with Crippen molar-refractivity contribution >= 4 is 0 Å². The van der Waals surface area contributed by atoms with Crippen LogP contribution in [0, 0.1) is 13.8 Å². The van der Waals surface area contributed by atoms with Crippen LogP contribution in [0.4, 0.5) is 0 Å². The Kier molecular flexibility index (Phi) is 1.43. The first-order valence-corrected chi connectivity index (χ1v) is 2.82. The maximum Gasteiger partial charge on any atom is 0.121 e. The molecule has 0 saturated heterocycles. The van der Waals surface area contributed by atoms with Crippen molar-refractivity contribution in [2.75, 3.05) is 0 Å². The zero-order chi connectivity index (χ0) is 6.85. The maximum absolute atomic E-state index is 9.14. The zero-order valence-electron chi connectivity index (χ0n) is 5.39. The van der Waals surface area contributed by atoms with E-state index in [1.165, 1.54) is 0 Å². The summed E-state index contributed by atoms with van der Waals surface area (Å²) >= 11 is 0. The van der Waals surface area contributed by atoms with E-state index < -0.39 is 0 Å². The number of benzene rings is 1. The van der Waals surface area contributed by atoms with E-state index >= 15 is 0 Å². The first-order valence-electron chi connectivity index (χ1n) is 2.82. The van der Waals surface area contributed by atoms with Crippen LogP contribution in [0.3, 0.4) is 0 Å². The van der Waals surface area contributed by atoms with Gasteiger partial charge in [-0.3, -0.25) is 0 Å². The molecule has 0 aliphatic carbocycles. The van der Waals surface area contributed by atoms with Crippen LogP contribution in [0.2, 0.25) is 0 Å². The quantitative estimate of drug-likeness (QED) is 0.555. The zero-order valence-corrected chi connectivity index (χ0v) is 5.39. The fourth-order valence-electron chi connectivity index (χ4n) is 0.720. The maximum atomic E-state index is 9.14. The summed E-state index contributed by atoms with van der Waals surface area (Å²) in [6, 6.07) is 5.50. The van der Waals surface area contributed by atoms with Gasteiger partial charge in [0, 0.05) is 0 Å². The molecule has 0 aliphatic heterocycles. The normalized spacial score (nSPS) is 9.56. The molecule has 0 saturated carbocycles. The number of rotatable bonds is 0. The highest BCUT2D eigenvalue weighted by Gasteiger charge is 1.95. The van der Waals surface area contributed by atoms with Crippen molar-refractivity contribution in [2.24, 2.45) is 0 Å². The number of phenols is 1. The third kappa shape index (κ3) is 1.04. The Bertz CT molecular complexity index is 196. The smallest absolute Gasteiger partial charge is 0.121 e. The number of aryl methyl sites for hydroxylation is 1. The van der Waals surface area contributed by atoms with Crippen molar-refractivity contribution in [3.8, 4) is 5.75 Å². The molecule has 0 bridgehead atoms. The van der Waals surface area contributed by atoms with Gasteiger partial charge in [-0.05, 0) is 25.0 Å². The Labute approximate surface area is 55.0 Å². The highest BCUT2D eigenvalue weighted by atomic mass is 16.3. The lowest BCUT2D eigenvalue weighted by Gasteiger charge is -1.99. The van der Waals surface area contributed by atoms with Crippen LogP contribution in [0.5, 0.6) is 5.75 Å². The van der Waals surface area contributed by atoms with Gasteiger partial charge < -0.3 is 5.11 Å². The number of hydrogen-bond donors (Lipinski definition) is 1. The topological polar surface area (TPSA) is 20.2 Å². The Balaban J connectivity index is 3.25. The molecule has 47 valence electrons.